The van der Waals surface area contributed by atoms with Crippen LogP contribution in [0.2, 0.25) is 0 Å². The van der Waals surface area contributed by atoms with Gasteiger partial charge in [-0.15, -0.1) is 0 Å². The normalized spacial score (nSPS) is 12.3. The number of likely N-dealkylation sites (N-methyl/N-ethyl adjacent to an activating group) is 1. The third-order valence-electron chi connectivity index (χ3n) is 4.89. The Morgan fingerprint density at radius 2 is 1.50 bits per heavy atom. The smallest absolute Gasteiger partial charge is 0.0410 e. The van der Waals surface area contributed by atoms with E-state index in [2.05, 4.69) is 105 Å². The molecule has 0 atom stereocenters. The van der Waals surface area contributed by atoms with Gasteiger partial charge >= 0.3 is 0 Å². The van der Waals surface area contributed by atoms with E-state index in [4.69, 9.17) is 0 Å². The minimum Gasteiger partial charge on any atom is -0.294 e. The van der Waals surface area contributed by atoms with Crippen LogP contribution in [0, 0.1) is 0 Å². The Kier molecular flexibility index (Phi) is 4.82. The van der Waals surface area contributed by atoms with Gasteiger partial charge < -0.3 is 0 Å². The number of hydrogen-bond acceptors (Lipinski definition) is 1. The molecular formula is C23H25N. The molecule has 24 heavy (non-hydrogen) atoms. The van der Waals surface area contributed by atoms with Crippen LogP contribution in [0.4, 0.5) is 0 Å². The van der Waals surface area contributed by atoms with E-state index in [1.54, 1.807) is 0 Å². The lowest BCUT2D eigenvalue weighted by Gasteiger charge is -2.36. The Morgan fingerprint density at radius 1 is 0.833 bits per heavy atom. The molecule has 0 saturated heterocycles. The van der Waals surface area contributed by atoms with Gasteiger partial charge in [0.1, 0.15) is 0 Å². The van der Waals surface area contributed by atoms with Crippen LogP contribution in [0.1, 0.15) is 25.0 Å². The van der Waals surface area contributed by atoms with Gasteiger partial charge in [0, 0.05) is 12.1 Å². The maximum absolute atomic E-state index is 2.40. The molecule has 0 heterocycles. The number of fused-ring (bicyclic) bond motifs is 1. The number of rotatable bonds is 5. The fourth-order valence-electron chi connectivity index (χ4n) is 3.10. The van der Waals surface area contributed by atoms with Crippen LogP contribution < -0.4 is 0 Å². The van der Waals surface area contributed by atoms with Crippen LogP contribution in [-0.2, 0) is 5.54 Å². The van der Waals surface area contributed by atoms with Gasteiger partial charge in [0.05, 0.1) is 0 Å². The largest absolute Gasteiger partial charge is 0.294 e. The lowest BCUT2D eigenvalue weighted by molar-refractivity contribution is 0.177. The third kappa shape index (κ3) is 3.42. The van der Waals surface area contributed by atoms with Gasteiger partial charge in [0.2, 0.25) is 0 Å². The maximum atomic E-state index is 2.40. The van der Waals surface area contributed by atoms with E-state index in [9.17, 15) is 0 Å². The van der Waals surface area contributed by atoms with Gasteiger partial charge in [-0.3, -0.25) is 4.90 Å². The van der Waals surface area contributed by atoms with Crippen LogP contribution in [0.5, 0.6) is 0 Å². The maximum Gasteiger partial charge on any atom is 0.0410 e. The summed E-state index contributed by atoms with van der Waals surface area (Å²) in [6, 6.07) is 25.7. The summed E-state index contributed by atoms with van der Waals surface area (Å²) in [5.74, 6) is 0. The summed E-state index contributed by atoms with van der Waals surface area (Å²) in [6.45, 7) is 5.50. The summed E-state index contributed by atoms with van der Waals surface area (Å²) in [4.78, 5) is 2.40. The van der Waals surface area contributed by atoms with Crippen molar-refractivity contribution in [2.45, 2.75) is 19.4 Å². The third-order valence-corrected chi connectivity index (χ3v) is 4.89. The molecule has 122 valence electrons. The molecule has 0 aliphatic rings. The number of benzene rings is 3. The highest BCUT2D eigenvalue weighted by Gasteiger charge is 2.26. The van der Waals surface area contributed by atoms with Gasteiger partial charge in [-0.25, -0.2) is 0 Å². The Hall–Kier alpha value is -2.38. The first-order valence-electron chi connectivity index (χ1n) is 8.50. The molecule has 0 aromatic heterocycles. The predicted octanol–water partition coefficient (Wildman–Crippen LogP) is 5.72. The number of nitrogens with zero attached hydrogens (tertiary/aromatic N) is 1. The molecule has 0 bridgehead atoms. The Labute approximate surface area is 145 Å². The molecule has 0 saturated carbocycles. The first-order chi connectivity index (χ1) is 11.6. The second-order valence-corrected chi connectivity index (χ2v) is 6.78. The van der Waals surface area contributed by atoms with E-state index in [1.165, 1.54) is 21.9 Å². The molecule has 0 amide bonds. The van der Waals surface area contributed by atoms with Crippen LogP contribution in [-0.4, -0.2) is 18.5 Å². The lowest BCUT2D eigenvalue weighted by Crippen LogP contribution is -2.38. The molecule has 0 aliphatic carbocycles. The molecule has 3 aromatic carbocycles. The second kappa shape index (κ2) is 7.02. The van der Waals surface area contributed by atoms with Gasteiger partial charge in [0.25, 0.3) is 0 Å². The van der Waals surface area contributed by atoms with E-state index in [0.29, 0.717) is 0 Å². The van der Waals surface area contributed by atoms with Crippen LogP contribution in [0.25, 0.3) is 16.8 Å². The van der Waals surface area contributed by atoms with Crippen molar-refractivity contribution in [3.63, 3.8) is 0 Å². The average molecular weight is 315 g/mol. The van der Waals surface area contributed by atoms with Gasteiger partial charge in [-0.1, -0.05) is 84.9 Å². The first-order valence-corrected chi connectivity index (χ1v) is 8.50. The second-order valence-electron chi connectivity index (χ2n) is 6.78. The van der Waals surface area contributed by atoms with E-state index in [-0.39, 0.29) is 5.54 Å². The Balaban J connectivity index is 1.82. The van der Waals surface area contributed by atoms with Crippen molar-refractivity contribution >= 4 is 16.8 Å². The summed E-state index contributed by atoms with van der Waals surface area (Å²) in [6.07, 6.45) is 4.43. The van der Waals surface area contributed by atoms with Crippen molar-refractivity contribution in [1.82, 2.24) is 4.90 Å². The molecule has 0 radical (unpaired) electrons. The SMILES string of the molecule is CN(CC=Cc1ccccc1)C(C)(C)c1cccc2ccccc12. The molecule has 3 aromatic rings. The topological polar surface area (TPSA) is 3.24 Å². The van der Waals surface area contributed by atoms with Gasteiger partial charge in [-0.05, 0) is 42.8 Å². The summed E-state index contributed by atoms with van der Waals surface area (Å²) < 4.78 is 0. The Morgan fingerprint density at radius 3 is 2.29 bits per heavy atom. The van der Waals surface area contributed by atoms with Crippen molar-refractivity contribution in [1.29, 1.82) is 0 Å². The molecule has 0 aliphatic heterocycles. The van der Waals surface area contributed by atoms with Crippen LogP contribution >= 0.6 is 0 Å². The molecule has 1 nitrogen and oxygen atoms in total. The van der Waals surface area contributed by atoms with Crippen molar-refractivity contribution in [2.75, 3.05) is 13.6 Å². The highest BCUT2D eigenvalue weighted by Crippen LogP contribution is 2.32. The highest BCUT2D eigenvalue weighted by atomic mass is 15.2. The van der Waals surface area contributed by atoms with Crippen molar-refractivity contribution in [3.05, 3.63) is 90.0 Å². The van der Waals surface area contributed by atoms with Crippen LogP contribution in [0.3, 0.4) is 0 Å². The Bertz CT molecular complexity index is 826. The van der Waals surface area contributed by atoms with E-state index in [1.807, 2.05) is 6.07 Å². The minimum absolute atomic E-state index is 0.0398. The molecule has 0 N–H and O–H groups in total. The molecule has 1 heteroatoms. The molecule has 3 rings (SSSR count). The van der Waals surface area contributed by atoms with E-state index < -0.39 is 0 Å². The van der Waals surface area contributed by atoms with Gasteiger partial charge in [-0.2, -0.15) is 0 Å². The first kappa shape index (κ1) is 16.5. The molecule has 0 spiro atoms. The monoisotopic (exact) mass is 315 g/mol. The lowest BCUT2D eigenvalue weighted by atomic mass is 9.88. The highest BCUT2D eigenvalue weighted by molar-refractivity contribution is 5.86. The predicted molar refractivity (Wildman–Crippen MR) is 105 cm³/mol. The molecule has 0 fully saturated rings. The summed E-state index contributed by atoms with van der Waals surface area (Å²) in [7, 11) is 2.19. The number of hydrogen-bond donors (Lipinski definition) is 0. The zero-order valence-electron chi connectivity index (χ0n) is 14.7. The van der Waals surface area contributed by atoms with Crippen molar-refractivity contribution in [3.8, 4) is 0 Å². The standard InChI is InChI=1S/C23H25N/c1-23(2,22-17-9-15-20-14-7-8-16-21(20)22)24(3)18-10-13-19-11-5-4-6-12-19/h4-17H,18H2,1-3H3. The van der Waals surface area contributed by atoms with Crippen molar-refractivity contribution < 1.29 is 0 Å². The van der Waals surface area contributed by atoms with E-state index >= 15 is 0 Å². The van der Waals surface area contributed by atoms with E-state index in [0.717, 1.165) is 6.54 Å². The van der Waals surface area contributed by atoms with Crippen LogP contribution in [0.15, 0.2) is 78.9 Å². The molecular weight excluding hydrogens is 290 g/mol. The fraction of sp³-hybridized carbons (Fsp3) is 0.217. The summed E-state index contributed by atoms with van der Waals surface area (Å²) in [5.41, 5.74) is 2.58. The fourth-order valence-corrected chi connectivity index (χ4v) is 3.10. The van der Waals surface area contributed by atoms with Crippen molar-refractivity contribution in [2.24, 2.45) is 0 Å². The van der Waals surface area contributed by atoms with Gasteiger partial charge in [0.15, 0.2) is 0 Å². The zero-order chi connectivity index (χ0) is 17.0. The summed E-state index contributed by atoms with van der Waals surface area (Å²) in [5, 5.41) is 2.64. The average Bonchev–Trinajstić information content (AvgIpc) is 2.62. The quantitative estimate of drug-likeness (QED) is 0.582. The summed E-state index contributed by atoms with van der Waals surface area (Å²) >= 11 is 0. The molecule has 0 unspecified atom stereocenters. The zero-order valence-corrected chi connectivity index (χ0v) is 14.7. The minimum atomic E-state index is -0.0398.